The largest absolute Gasteiger partial charge is 0.383 e. The molecule has 1 saturated carbocycles. The molecule has 0 radical (unpaired) electrons. The van der Waals surface area contributed by atoms with Gasteiger partial charge in [-0.1, -0.05) is 6.42 Å². The molecular formula is C13H26N2O3. The Kier molecular flexibility index (Phi) is 6.60. The van der Waals surface area contributed by atoms with Gasteiger partial charge in [0, 0.05) is 26.8 Å². The van der Waals surface area contributed by atoms with Crippen LogP contribution < -0.4 is 5.73 Å². The molecule has 1 aliphatic carbocycles. The lowest BCUT2D eigenvalue weighted by atomic mass is 10.0. The number of methoxy groups -OCH3 is 2. The van der Waals surface area contributed by atoms with Crippen LogP contribution in [-0.4, -0.2) is 56.9 Å². The highest BCUT2D eigenvalue weighted by atomic mass is 16.5. The van der Waals surface area contributed by atoms with Crippen molar-refractivity contribution in [2.75, 3.05) is 34.0 Å². The van der Waals surface area contributed by atoms with Gasteiger partial charge in [0.15, 0.2) is 0 Å². The fourth-order valence-corrected chi connectivity index (χ4v) is 2.58. The number of amides is 1. The molecule has 0 aromatic carbocycles. The first kappa shape index (κ1) is 15.4. The van der Waals surface area contributed by atoms with Crippen LogP contribution in [0.2, 0.25) is 0 Å². The summed E-state index contributed by atoms with van der Waals surface area (Å²) in [6.07, 6.45) is 2.91. The fourth-order valence-electron chi connectivity index (χ4n) is 2.58. The zero-order chi connectivity index (χ0) is 13.5. The Labute approximate surface area is 110 Å². The van der Waals surface area contributed by atoms with E-state index in [2.05, 4.69) is 0 Å². The van der Waals surface area contributed by atoms with Crippen molar-refractivity contribution >= 4 is 5.91 Å². The summed E-state index contributed by atoms with van der Waals surface area (Å²) in [5, 5.41) is 0. The number of carbonyl (C=O) groups is 1. The van der Waals surface area contributed by atoms with E-state index in [0.29, 0.717) is 19.8 Å². The van der Waals surface area contributed by atoms with Crippen molar-refractivity contribution in [3.8, 4) is 0 Å². The van der Waals surface area contributed by atoms with E-state index in [1.165, 1.54) is 0 Å². The molecular weight excluding hydrogens is 232 g/mol. The molecule has 3 atom stereocenters. The summed E-state index contributed by atoms with van der Waals surface area (Å²) in [4.78, 5) is 14.4. The van der Waals surface area contributed by atoms with Gasteiger partial charge < -0.3 is 20.1 Å². The molecule has 5 nitrogen and oxygen atoms in total. The van der Waals surface area contributed by atoms with Crippen LogP contribution in [0.3, 0.4) is 0 Å². The quantitative estimate of drug-likeness (QED) is 0.727. The van der Waals surface area contributed by atoms with E-state index < -0.39 is 0 Å². The van der Waals surface area contributed by atoms with Gasteiger partial charge >= 0.3 is 0 Å². The molecule has 5 heteroatoms. The molecule has 3 unspecified atom stereocenters. The standard InChI is InChI=1S/C13H26N2O3/c1-10(9-18-3)15(7-8-17-2)13(16)11-5-4-6-12(11)14/h10-12H,4-9,14H2,1-3H3. The van der Waals surface area contributed by atoms with Gasteiger partial charge in [0.05, 0.1) is 25.2 Å². The Hall–Kier alpha value is -0.650. The van der Waals surface area contributed by atoms with Crippen LogP contribution in [0.4, 0.5) is 0 Å². The molecule has 18 heavy (non-hydrogen) atoms. The SMILES string of the molecule is COCCN(C(=O)C1CCCC1N)C(C)COC. The average Bonchev–Trinajstić information content (AvgIpc) is 2.76. The minimum absolute atomic E-state index is 0.0114. The minimum Gasteiger partial charge on any atom is -0.383 e. The van der Waals surface area contributed by atoms with E-state index in [1.54, 1.807) is 14.2 Å². The first-order valence-electron chi connectivity index (χ1n) is 6.65. The molecule has 1 amide bonds. The van der Waals surface area contributed by atoms with Crippen LogP contribution >= 0.6 is 0 Å². The smallest absolute Gasteiger partial charge is 0.227 e. The third-order valence-corrected chi connectivity index (χ3v) is 3.65. The second kappa shape index (κ2) is 7.71. The monoisotopic (exact) mass is 258 g/mol. The normalized spacial score (nSPS) is 25.1. The Bertz CT molecular complexity index is 261. The summed E-state index contributed by atoms with van der Waals surface area (Å²) >= 11 is 0. The van der Waals surface area contributed by atoms with E-state index in [-0.39, 0.29) is 23.9 Å². The zero-order valence-corrected chi connectivity index (χ0v) is 11.7. The lowest BCUT2D eigenvalue weighted by Gasteiger charge is -2.32. The fraction of sp³-hybridized carbons (Fsp3) is 0.923. The maximum atomic E-state index is 12.5. The van der Waals surface area contributed by atoms with Gasteiger partial charge in [-0.2, -0.15) is 0 Å². The molecule has 0 heterocycles. The summed E-state index contributed by atoms with van der Waals surface area (Å²) in [5.74, 6) is 0.128. The molecule has 0 aromatic heterocycles. The van der Waals surface area contributed by atoms with Crippen LogP contribution in [0.25, 0.3) is 0 Å². The van der Waals surface area contributed by atoms with E-state index in [9.17, 15) is 4.79 Å². The Morgan fingerprint density at radius 2 is 2.11 bits per heavy atom. The van der Waals surface area contributed by atoms with Gasteiger partial charge in [0.1, 0.15) is 0 Å². The first-order valence-corrected chi connectivity index (χ1v) is 6.65. The molecule has 1 aliphatic rings. The van der Waals surface area contributed by atoms with Crippen molar-refractivity contribution in [3.05, 3.63) is 0 Å². The third-order valence-electron chi connectivity index (χ3n) is 3.65. The van der Waals surface area contributed by atoms with Crippen LogP contribution in [0, 0.1) is 5.92 Å². The lowest BCUT2D eigenvalue weighted by molar-refractivity contribution is -0.139. The molecule has 0 aromatic rings. The molecule has 1 rings (SSSR count). The summed E-state index contributed by atoms with van der Waals surface area (Å²) < 4.78 is 10.2. The Morgan fingerprint density at radius 1 is 1.39 bits per heavy atom. The maximum Gasteiger partial charge on any atom is 0.227 e. The van der Waals surface area contributed by atoms with Gasteiger partial charge in [-0.15, -0.1) is 0 Å². The van der Waals surface area contributed by atoms with Gasteiger partial charge in [0.25, 0.3) is 0 Å². The average molecular weight is 258 g/mol. The number of hydrogen-bond acceptors (Lipinski definition) is 4. The molecule has 2 N–H and O–H groups in total. The maximum absolute atomic E-state index is 12.5. The predicted octanol–water partition coefficient (Wildman–Crippen LogP) is 0.624. The Morgan fingerprint density at radius 3 is 2.61 bits per heavy atom. The lowest BCUT2D eigenvalue weighted by Crippen LogP contribution is -2.48. The topological polar surface area (TPSA) is 64.8 Å². The highest BCUT2D eigenvalue weighted by molar-refractivity contribution is 5.80. The van der Waals surface area contributed by atoms with Gasteiger partial charge in [-0.25, -0.2) is 0 Å². The second-order valence-electron chi connectivity index (χ2n) is 5.03. The Balaban J connectivity index is 2.65. The van der Waals surface area contributed by atoms with E-state index in [4.69, 9.17) is 15.2 Å². The number of ether oxygens (including phenoxy) is 2. The van der Waals surface area contributed by atoms with Crippen molar-refractivity contribution in [3.63, 3.8) is 0 Å². The van der Waals surface area contributed by atoms with Crippen molar-refractivity contribution in [1.82, 2.24) is 4.90 Å². The number of carbonyl (C=O) groups excluding carboxylic acids is 1. The van der Waals surface area contributed by atoms with Crippen LogP contribution in [-0.2, 0) is 14.3 Å². The zero-order valence-electron chi connectivity index (χ0n) is 11.7. The summed E-state index contributed by atoms with van der Waals surface area (Å²) in [7, 11) is 3.29. The second-order valence-corrected chi connectivity index (χ2v) is 5.03. The highest BCUT2D eigenvalue weighted by Crippen LogP contribution is 2.26. The van der Waals surface area contributed by atoms with Crippen molar-refractivity contribution < 1.29 is 14.3 Å². The molecule has 106 valence electrons. The van der Waals surface area contributed by atoms with Crippen molar-refractivity contribution in [2.24, 2.45) is 11.7 Å². The number of nitrogens with zero attached hydrogens (tertiary/aromatic N) is 1. The van der Waals surface area contributed by atoms with Gasteiger partial charge in [0.2, 0.25) is 5.91 Å². The number of rotatable bonds is 7. The van der Waals surface area contributed by atoms with Crippen LogP contribution in [0.15, 0.2) is 0 Å². The molecule has 0 saturated heterocycles. The summed E-state index contributed by atoms with van der Waals surface area (Å²) in [5.41, 5.74) is 6.01. The van der Waals surface area contributed by atoms with Crippen molar-refractivity contribution in [1.29, 1.82) is 0 Å². The van der Waals surface area contributed by atoms with Crippen LogP contribution in [0.5, 0.6) is 0 Å². The third kappa shape index (κ3) is 3.93. The van der Waals surface area contributed by atoms with Gasteiger partial charge in [-0.05, 0) is 19.8 Å². The van der Waals surface area contributed by atoms with E-state index in [1.807, 2.05) is 11.8 Å². The van der Waals surface area contributed by atoms with E-state index >= 15 is 0 Å². The number of hydrogen-bond donors (Lipinski definition) is 1. The predicted molar refractivity (Wildman–Crippen MR) is 70.2 cm³/mol. The molecule has 0 spiro atoms. The van der Waals surface area contributed by atoms with Crippen molar-refractivity contribution in [2.45, 2.75) is 38.3 Å². The first-order chi connectivity index (χ1) is 8.61. The summed E-state index contributed by atoms with van der Waals surface area (Å²) in [6, 6.07) is 0.0720. The summed E-state index contributed by atoms with van der Waals surface area (Å²) in [6.45, 7) is 3.68. The van der Waals surface area contributed by atoms with E-state index in [0.717, 1.165) is 19.3 Å². The highest BCUT2D eigenvalue weighted by Gasteiger charge is 2.34. The molecule has 0 bridgehead atoms. The molecule has 0 aliphatic heterocycles. The van der Waals surface area contributed by atoms with Gasteiger partial charge in [-0.3, -0.25) is 4.79 Å². The minimum atomic E-state index is -0.0267. The van der Waals surface area contributed by atoms with Crippen LogP contribution in [0.1, 0.15) is 26.2 Å². The molecule has 1 fully saturated rings. The number of nitrogens with two attached hydrogens (primary N) is 1.